The van der Waals surface area contributed by atoms with Crippen LogP contribution in [0.25, 0.3) is 0 Å². The van der Waals surface area contributed by atoms with Crippen molar-refractivity contribution in [3.63, 3.8) is 0 Å². The van der Waals surface area contributed by atoms with Crippen LogP contribution < -0.4 is 5.32 Å². The van der Waals surface area contributed by atoms with Crippen molar-refractivity contribution < 1.29 is 13.2 Å². The predicted molar refractivity (Wildman–Crippen MR) is 115 cm³/mol. The van der Waals surface area contributed by atoms with E-state index in [0.717, 1.165) is 31.5 Å². The van der Waals surface area contributed by atoms with Gasteiger partial charge < -0.3 is 5.32 Å². The maximum Gasteiger partial charge on any atom is 0.243 e. The number of aryl methyl sites for hydroxylation is 1. The molecule has 0 spiro atoms. The van der Waals surface area contributed by atoms with E-state index >= 15 is 0 Å². The summed E-state index contributed by atoms with van der Waals surface area (Å²) in [6.45, 7) is 8.47. The SMILES string of the molecule is CC(C)(CNC(=O)CCc1ccc(S(=O)(=O)N2CCCC2)cc1)N1CCCCC1. The standard InChI is InChI=1S/C22H35N3O3S/c1-22(2,24-14-4-3-5-15-24)18-23-21(26)13-10-19-8-11-20(12-9-19)29(27,28)25-16-6-7-17-25/h8-9,11-12H,3-7,10,13-18H2,1-2H3,(H,23,26). The van der Waals surface area contributed by atoms with E-state index < -0.39 is 10.0 Å². The maximum atomic E-state index is 12.6. The fourth-order valence-electron chi connectivity index (χ4n) is 4.18. The van der Waals surface area contributed by atoms with Crippen LogP contribution in [-0.4, -0.2) is 61.8 Å². The van der Waals surface area contributed by atoms with Gasteiger partial charge in [0.1, 0.15) is 0 Å². The topological polar surface area (TPSA) is 69.7 Å². The zero-order chi connectivity index (χ0) is 20.9. The molecule has 6 nitrogen and oxygen atoms in total. The summed E-state index contributed by atoms with van der Waals surface area (Å²) >= 11 is 0. The average molecular weight is 422 g/mol. The Kier molecular flexibility index (Phi) is 7.35. The number of carbonyl (C=O) groups is 1. The van der Waals surface area contributed by atoms with Gasteiger partial charge in [-0.25, -0.2) is 8.42 Å². The van der Waals surface area contributed by atoms with Crippen LogP contribution in [0.15, 0.2) is 29.2 Å². The molecule has 0 bridgehead atoms. The van der Waals surface area contributed by atoms with Gasteiger partial charge in [-0.15, -0.1) is 0 Å². The van der Waals surface area contributed by atoms with E-state index in [4.69, 9.17) is 0 Å². The summed E-state index contributed by atoms with van der Waals surface area (Å²) in [5, 5.41) is 3.08. The van der Waals surface area contributed by atoms with E-state index in [1.165, 1.54) is 19.3 Å². The molecule has 2 aliphatic heterocycles. The van der Waals surface area contributed by atoms with Crippen molar-refractivity contribution in [3.8, 4) is 0 Å². The molecule has 0 aromatic heterocycles. The maximum absolute atomic E-state index is 12.6. The smallest absolute Gasteiger partial charge is 0.243 e. The summed E-state index contributed by atoms with van der Waals surface area (Å²) in [6, 6.07) is 6.99. The Bertz CT molecular complexity index is 778. The van der Waals surface area contributed by atoms with Gasteiger partial charge in [-0.3, -0.25) is 9.69 Å². The highest BCUT2D eigenvalue weighted by Gasteiger charge is 2.28. The molecule has 0 atom stereocenters. The van der Waals surface area contributed by atoms with Crippen LogP contribution in [0.2, 0.25) is 0 Å². The minimum absolute atomic E-state index is 0.0261. The zero-order valence-electron chi connectivity index (χ0n) is 17.8. The fourth-order valence-corrected chi connectivity index (χ4v) is 5.69. The second kappa shape index (κ2) is 9.58. The Morgan fingerprint density at radius 2 is 1.55 bits per heavy atom. The van der Waals surface area contributed by atoms with E-state index in [0.29, 0.717) is 37.4 Å². The molecule has 0 unspecified atom stereocenters. The zero-order valence-corrected chi connectivity index (χ0v) is 18.6. The largest absolute Gasteiger partial charge is 0.354 e. The van der Waals surface area contributed by atoms with Crippen molar-refractivity contribution in [2.24, 2.45) is 0 Å². The van der Waals surface area contributed by atoms with Gasteiger partial charge in [-0.05, 0) is 76.7 Å². The van der Waals surface area contributed by atoms with Crippen LogP contribution in [0.1, 0.15) is 57.9 Å². The van der Waals surface area contributed by atoms with E-state index in [2.05, 4.69) is 24.1 Å². The summed E-state index contributed by atoms with van der Waals surface area (Å²) in [6.07, 6.45) is 6.66. The lowest BCUT2D eigenvalue weighted by atomic mass is 9.98. The summed E-state index contributed by atoms with van der Waals surface area (Å²) in [4.78, 5) is 15.1. The third-order valence-electron chi connectivity index (χ3n) is 6.20. The van der Waals surface area contributed by atoms with Gasteiger partial charge in [0.2, 0.25) is 15.9 Å². The summed E-state index contributed by atoms with van der Waals surface area (Å²) < 4.78 is 26.7. The molecule has 7 heteroatoms. The summed E-state index contributed by atoms with van der Waals surface area (Å²) in [5.41, 5.74) is 0.956. The first-order valence-corrected chi connectivity index (χ1v) is 12.3. The molecular formula is C22H35N3O3S. The monoisotopic (exact) mass is 421 g/mol. The number of rotatable bonds is 8. The van der Waals surface area contributed by atoms with Crippen molar-refractivity contribution in [3.05, 3.63) is 29.8 Å². The quantitative estimate of drug-likeness (QED) is 0.701. The van der Waals surface area contributed by atoms with Crippen LogP contribution in [0.4, 0.5) is 0 Å². The van der Waals surface area contributed by atoms with Gasteiger partial charge in [0.05, 0.1) is 4.90 Å². The molecule has 0 saturated carbocycles. The van der Waals surface area contributed by atoms with Crippen LogP contribution in [0, 0.1) is 0 Å². The second-order valence-electron chi connectivity index (χ2n) is 8.89. The van der Waals surface area contributed by atoms with Gasteiger partial charge in [0.25, 0.3) is 0 Å². The molecule has 2 fully saturated rings. The third-order valence-corrected chi connectivity index (χ3v) is 8.11. The van der Waals surface area contributed by atoms with Gasteiger partial charge in [-0.1, -0.05) is 18.6 Å². The molecule has 1 amide bonds. The molecule has 1 N–H and O–H groups in total. The molecule has 3 rings (SSSR count). The van der Waals surface area contributed by atoms with Crippen LogP contribution in [0.5, 0.6) is 0 Å². The Morgan fingerprint density at radius 3 is 2.17 bits per heavy atom. The highest BCUT2D eigenvalue weighted by Crippen LogP contribution is 2.22. The van der Waals surface area contributed by atoms with E-state index in [1.54, 1.807) is 16.4 Å². The average Bonchev–Trinajstić information content (AvgIpc) is 3.28. The number of sulfonamides is 1. The number of likely N-dealkylation sites (tertiary alicyclic amines) is 1. The first-order valence-electron chi connectivity index (χ1n) is 10.9. The Hall–Kier alpha value is -1.44. The number of piperidine rings is 1. The highest BCUT2D eigenvalue weighted by atomic mass is 32.2. The van der Waals surface area contributed by atoms with Crippen LogP contribution in [0.3, 0.4) is 0 Å². The Balaban J connectivity index is 1.46. The molecular weight excluding hydrogens is 386 g/mol. The number of benzene rings is 1. The van der Waals surface area contributed by atoms with E-state index in [9.17, 15) is 13.2 Å². The first kappa shape index (κ1) is 22.2. The minimum atomic E-state index is -3.37. The molecule has 2 saturated heterocycles. The number of hydrogen-bond donors (Lipinski definition) is 1. The summed E-state index contributed by atoms with van der Waals surface area (Å²) in [7, 11) is -3.37. The van der Waals surface area contributed by atoms with Crippen molar-refractivity contribution in [2.75, 3.05) is 32.7 Å². The number of amides is 1. The van der Waals surface area contributed by atoms with Crippen molar-refractivity contribution >= 4 is 15.9 Å². The van der Waals surface area contributed by atoms with E-state index in [1.807, 2.05) is 12.1 Å². The van der Waals surface area contributed by atoms with Crippen LogP contribution >= 0.6 is 0 Å². The van der Waals surface area contributed by atoms with Crippen LogP contribution in [-0.2, 0) is 21.2 Å². The predicted octanol–water partition coefficient (Wildman–Crippen LogP) is 2.78. The highest BCUT2D eigenvalue weighted by molar-refractivity contribution is 7.89. The molecule has 2 heterocycles. The minimum Gasteiger partial charge on any atom is -0.354 e. The van der Waals surface area contributed by atoms with Crippen molar-refractivity contribution in [1.29, 1.82) is 0 Å². The Morgan fingerprint density at radius 1 is 0.966 bits per heavy atom. The van der Waals surface area contributed by atoms with Gasteiger partial charge in [0, 0.05) is 31.6 Å². The lowest BCUT2D eigenvalue weighted by molar-refractivity contribution is -0.121. The van der Waals surface area contributed by atoms with E-state index in [-0.39, 0.29) is 11.4 Å². The second-order valence-corrected chi connectivity index (χ2v) is 10.8. The van der Waals surface area contributed by atoms with Gasteiger partial charge in [0.15, 0.2) is 0 Å². The molecule has 0 aliphatic carbocycles. The first-order chi connectivity index (χ1) is 13.8. The van der Waals surface area contributed by atoms with Crippen molar-refractivity contribution in [1.82, 2.24) is 14.5 Å². The number of nitrogens with zero attached hydrogens (tertiary/aromatic N) is 2. The fraction of sp³-hybridized carbons (Fsp3) is 0.682. The molecule has 1 aromatic carbocycles. The van der Waals surface area contributed by atoms with Gasteiger partial charge >= 0.3 is 0 Å². The number of nitrogens with one attached hydrogen (secondary N) is 1. The molecule has 1 aromatic rings. The lowest BCUT2D eigenvalue weighted by Gasteiger charge is -2.41. The third kappa shape index (κ3) is 5.80. The summed E-state index contributed by atoms with van der Waals surface area (Å²) in [5.74, 6) is 0.0452. The van der Waals surface area contributed by atoms with Gasteiger partial charge in [-0.2, -0.15) is 4.31 Å². The van der Waals surface area contributed by atoms with Crippen molar-refractivity contribution in [2.45, 2.75) is 69.2 Å². The lowest BCUT2D eigenvalue weighted by Crippen LogP contribution is -2.53. The Labute approximate surface area is 175 Å². The molecule has 162 valence electrons. The normalized spacial score (nSPS) is 19.4. The number of carbonyl (C=O) groups excluding carboxylic acids is 1. The molecule has 29 heavy (non-hydrogen) atoms. The molecule has 2 aliphatic rings. The molecule has 0 radical (unpaired) electrons. The number of hydrogen-bond acceptors (Lipinski definition) is 4.